The molecule has 1 heterocycles. The number of ketones is 1. The van der Waals surface area contributed by atoms with Crippen LogP contribution in [0.3, 0.4) is 0 Å². The number of carbonyl (C=O) groups excluding carboxylic acids is 2. The van der Waals surface area contributed by atoms with Crippen molar-refractivity contribution in [2.75, 3.05) is 33.8 Å². The van der Waals surface area contributed by atoms with E-state index in [0.29, 0.717) is 41.5 Å². The molecular weight excluding hydrogens is 416 g/mol. The molecule has 3 rings (SSSR count). The van der Waals surface area contributed by atoms with Crippen LogP contribution in [0.4, 0.5) is 0 Å². The lowest BCUT2D eigenvalue weighted by molar-refractivity contribution is -0.139. The SMILES string of the molecule is CCOc1cccc(C2/C(=C(/O)c3ccc(Cl)cc3)C(=O)C(=O)N2CCCN(C)C)c1. The van der Waals surface area contributed by atoms with Crippen LogP contribution >= 0.6 is 11.6 Å². The van der Waals surface area contributed by atoms with E-state index in [4.69, 9.17) is 16.3 Å². The topological polar surface area (TPSA) is 70.1 Å². The quantitative estimate of drug-likeness (QED) is 0.378. The van der Waals surface area contributed by atoms with Gasteiger partial charge in [-0.15, -0.1) is 0 Å². The first kappa shape index (κ1) is 22.8. The molecule has 0 bridgehead atoms. The smallest absolute Gasteiger partial charge is 0.295 e. The van der Waals surface area contributed by atoms with Gasteiger partial charge in [0.2, 0.25) is 0 Å². The van der Waals surface area contributed by atoms with Crippen LogP contribution in [0.1, 0.15) is 30.5 Å². The summed E-state index contributed by atoms with van der Waals surface area (Å²) in [5.74, 6) is -0.868. The molecule has 0 radical (unpaired) electrons. The Morgan fingerprint density at radius 1 is 1.16 bits per heavy atom. The largest absolute Gasteiger partial charge is 0.507 e. The minimum Gasteiger partial charge on any atom is -0.507 e. The van der Waals surface area contributed by atoms with Crippen LogP contribution in [0.5, 0.6) is 5.75 Å². The summed E-state index contributed by atoms with van der Waals surface area (Å²) in [6, 6.07) is 13.1. The number of rotatable bonds is 8. The lowest BCUT2D eigenvalue weighted by Gasteiger charge is -2.26. The van der Waals surface area contributed by atoms with E-state index in [2.05, 4.69) is 0 Å². The molecule has 2 aromatic carbocycles. The number of aliphatic hydroxyl groups excluding tert-OH is 1. The molecule has 7 heteroatoms. The summed E-state index contributed by atoms with van der Waals surface area (Å²) in [7, 11) is 3.91. The zero-order chi connectivity index (χ0) is 22.5. The molecule has 1 fully saturated rings. The first-order valence-electron chi connectivity index (χ1n) is 10.2. The molecule has 31 heavy (non-hydrogen) atoms. The Kier molecular flexibility index (Phi) is 7.36. The highest BCUT2D eigenvalue weighted by Gasteiger charge is 2.45. The van der Waals surface area contributed by atoms with Crippen molar-refractivity contribution in [3.05, 3.63) is 70.3 Å². The number of Topliss-reactive ketones (excluding diaryl/α,β-unsaturated/α-hetero) is 1. The van der Waals surface area contributed by atoms with Crippen molar-refractivity contribution in [3.63, 3.8) is 0 Å². The second-order valence-corrected chi connectivity index (χ2v) is 8.10. The van der Waals surface area contributed by atoms with E-state index in [1.54, 1.807) is 29.2 Å². The average Bonchev–Trinajstić information content (AvgIpc) is 2.99. The molecule has 1 aliphatic heterocycles. The van der Waals surface area contributed by atoms with Gasteiger partial charge in [-0.25, -0.2) is 0 Å². The third kappa shape index (κ3) is 5.09. The van der Waals surface area contributed by atoms with Gasteiger partial charge in [-0.2, -0.15) is 0 Å². The minimum absolute atomic E-state index is 0.0748. The fourth-order valence-corrected chi connectivity index (χ4v) is 3.84. The van der Waals surface area contributed by atoms with Gasteiger partial charge < -0.3 is 19.6 Å². The molecule has 2 aromatic rings. The molecule has 0 spiro atoms. The van der Waals surface area contributed by atoms with E-state index in [9.17, 15) is 14.7 Å². The first-order chi connectivity index (χ1) is 14.8. The van der Waals surface area contributed by atoms with Crippen molar-refractivity contribution in [3.8, 4) is 5.75 Å². The molecule has 1 unspecified atom stereocenters. The normalized spacial score (nSPS) is 18.1. The molecule has 164 valence electrons. The third-order valence-corrected chi connectivity index (χ3v) is 5.40. The van der Waals surface area contributed by atoms with E-state index >= 15 is 0 Å². The summed E-state index contributed by atoms with van der Waals surface area (Å²) in [6.45, 7) is 3.55. The van der Waals surface area contributed by atoms with Crippen molar-refractivity contribution < 1.29 is 19.4 Å². The molecule has 1 saturated heterocycles. The fraction of sp³-hybridized carbons (Fsp3) is 0.333. The molecule has 6 nitrogen and oxygen atoms in total. The summed E-state index contributed by atoms with van der Waals surface area (Å²) < 4.78 is 5.61. The molecule has 1 atom stereocenters. The standard InChI is InChI=1S/C24H27ClN2O4/c1-4-31-19-8-5-7-17(15-19)21-20(22(28)16-9-11-18(25)12-10-16)23(29)24(30)27(21)14-6-13-26(2)3/h5,7-12,15,21,28H,4,6,13-14H2,1-3H3/b22-20-. The number of amides is 1. The Labute approximate surface area is 187 Å². The zero-order valence-electron chi connectivity index (χ0n) is 18.0. The number of hydrogen-bond acceptors (Lipinski definition) is 5. The van der Waals surface area contributed by atoms with Gasteiger partial charge in [0.1, 0.15) is 11.5 Å². The Bertz CT molecular complexity index is 985. The van der Waals surface area contributed by atoms with Gasteiger partial charge in [0.25, 0.3) is 11.7 Å². The maximum atomic E-state index is 13.0. The number of carbonyl (C=O) groups is 2. The molecule has 0 aromatic heterocycles. The van der Waals surface area contributed by atoms with Crippen LogP contribution in [0.25, 0.3) is 5.76 Å². The molecule has 1 aliphatic rings. The molecule has 1 amide bonds. The third-order valence-electron chi connectivity index (χ3n) is 5.15. The van der Waals surface area contributed by atoms with Gasteiger partial charge in [0, 0.05) is 17.1 Å². The predicted octanol–water partition coefficient (Wildman–Crippen LogP) is 4.11. The lowest BCUT2D eigenvalue weighted by Crippen LogP contribution is -2.32. The monoisotopic (exact) mass is 442 g/mol. The first-order valence-corrected chi connectivity index (χ1v) is 10.6. The van der Waals surface area contributed by atoms with E-state index in [1.165, 1.54) is 0 Å². The van der Waals surface area contributed by atoms with Crippen molar-refractivity contribution >= 4 is 29.1 Å². The van der Waals surface area contributed by atoms with Gasteiger partial charge in [-0.05, 0) is 75.9 Å². The van der Waals surface area contributed by atoms with Crippen molar-refractivity contribution in [1.29, 1.82) is 0 Å². The van der Waals surface area contributed by atoms with Gasteiger partial charge in [0.15, 0.2) is 0 Å². The van der Waals surface area contributed by atoms with Crippen LogP contribution in [0.15, 0.2) is 54.1 Å². The van der Waals surface area contributed by atoms with Crippen LogP contribution < -0.4 is 4.74 Å². The van der Waals surface area contributed by atoms with Crippen LogP contribution in [-0.4, -0.2) is 60.4 Å². The molecule has 0 saturated carbocycles. The van der Waals surface area contributed by atoms with Crippen LogP contribution in [0.2, 0.25) is 5.02 Å². The summed E-state index contributed by atoms with van der Waals surface area (Å²) in [5, 5.41) is 11.5. The summed E-state index contributed by atoms with van der Waals surface area (Å²) in [4.78, 5) is 29.5. The van der Waals surface area contributed by atoms with Gasteiger partial charge in [0.05, 0.1) is 18.2 Å². The van der Waals surface area contributed by atoms with Crippen molar-refractivity contribution in [1.82, 2.24) is 9.80 Å². The number of ether oxygens (including phenoxy) is 1. The number of nitrogens with zero attached hydrogens (tertiary/aromatic N) is 2. The Balaban J connectivity index is 2.09. The van der Waals surface area contributed by atoms with Gasteiger partial charge in [-0.3, -0.25) is 9.59 Å². The highest BCUT2D eigenvalue weighted by atomic mass is 35.5. The van der Waals surface area contributed by atoms with Crippen LogP contribution in [0, 0.1) is 0 Å². The Morgan fingerprint density at radius 3 is 2.52 bits per heavy atom. The van der Waals surface area contributed by atoms with Gasteiger partial charge in [-0.1, -0.05) is 23.7 Å². The predicted molar refractivity (Wildman–Crippen MR) is 121 cm³/mol. The summed E-state index contributed by atoms with van der Waals surface area (Å²) >= 11 is 5.96. The van der Waals surface area contributed by atoms with E-state index in [0.717, 1.165) is 6.54 Å². The van der Waals surface area contributed by atoms with E-state index < -0.39 is 17.7 Å². The highest BCUT2D eigenvalue weighted by molar-refractivity contribution is 6.46. The molecular formula is C24H27ClN2O4. The molecule has 1 N–H and O–H groups in total. The highest BCUT2D eigenvalue weighted by Crippen LogP contribution is 2.40. The Morgan fingerprint density at radius 2 is 1.87 bits per heavy atom. The molecule has 0 aliphatic carbocycles. The van der Waals surface area contributed by atoms with Gasteiger partial charge >= 0.3 is 0 Å². The maximum Gasteiger partial charge on any atom is 0.295 e. The van der Waals surface area contributed by atoms with Crippen LogP contribution in [-0.2, 0) is 9.59 Å². The fourth-order valence-electron chi connectivity index (χ4n) is 3.72. The van der Waals surface area contributed by atoms with Crippen molar-refractivity contribution in [2.45, 2.75) is 19.4 Å². The van der Waals surface area contributed by atoms with Crippen molar-refractivity contribution in [2.24, 2.45) is 0 Å². The number of benzene rings is 2. The number of hydrogen-bond donors (Lipinski definition) is 1. The second kappa shape index (κ2) is 9.98. The zero-order valence-corrected chi connectivity index (χ0v) is 18.7. The number of halogens is 1. The number of likely N-dealkylation sites (tertiary alicyclic amines) is 1. The lowest BCUT2D eigenvalue weighted by atomic mass is 9.95. The summed E-state index contributed by atoms with van der Waals surface area (Å²) in [5.41, 5.74) is 1.22. The Hall–Kier alpha value is -2.83. The maximum absolute atomic E-state index is 13.0. The average molecular weight is 443 g/mol. The minimum atomic E-state index is -0.696. The number of aliphatic hydroxyl groups is 1. The van der Waals surface area contributed by atoms with E-state index in [-0.39, 0.29) is 11.3 Å². The summed E-state index contributed by atoms with van der Waals surface area (Å²) in [6.07, 6.45) is 0.697. The van der Waals surface area contributed by atoms with E-state index in [1.807, 2.05) is 50.2 Å². The second-order valence-electron chi connectivity index (χ2n) is 7.66.